The van der Waals surface area contributed by atoms with Crippen molar-refractivity contribution in [2.24, 2.45) is 5.73 Å². The van der Waals surface area contributed by atoms with E-state index in [-0.39, 0.29) is 0 Å². The molecule has 0 spiro atoms. The van der Waals surface area contributed by atoms with E-state index in [0.717, 1.165) is 31.1 Å². The molecule has 6 heteroatoms. The molecule has 0 bridgehead atoms. The fourth-order valence-electron chi connectivity index (χ4n) is 2.20. The third kappa shape index (κ3) is 2.49. The van der Waals surface area contributed by atoms with Crippen LogP contribution in [0.5, 0.6) is 0 Å². The van der Waals surface area contributed by atoms with Gasteiger partial charge < -0.3 is 10.6 Å². The van der Waals surface area contributed by atoms with Gasteiger partial charge in [-0.25, -0.2) is 13.8 Å². The average Bonchev–Trinajstić information content (AvgIpc) is 2.73. The van der Waals surface area contributed by atoms with Crippen LogP contribution in [0.3, 0.4) is 0 Å². The van der Waals surface area contributed by atoms with Gasteiger partial charge in [0.2, 0.25) is 0 Å². The maximum Gasteiger partial charge on any atom is 0.260 e. The van der Waals surface area contributed by atoms with Gasteiger partial charge in [-0.2, -0.15) is 0 Å². The fourth-order valence-corrected chi connectivity index (χ4v) is 3.38. The van der Waals surface area contributed by atoms with Crippen molar-refractivity contribution < 1.29 is 8.78 Å². The molecule has 0 saturated carbocycles. The number of hydrogen-bond donors (Lipinski definition) is 1. The minimum Gasteiger partial charge on any atom is -0.348 e. The zero-order valence-corrected chi connectivity index (χ0v) is 11.6. The van der Waals surface area contributed by atoms with Gasteiger partial charge in [-0.1, -0.05) is 11.3 Å². The molecule has 1 aliphatic heterocycles. The van der Waals surface area contributed by atoms with Gasteiger partial charge in [0, 0.05) is 13.1 Å². The van der Waals surface area contributed by atoms with E-state index in [0.29, 0.717) is 10.6 Å². The first-order valence-electron chi connectivity index (χ1n) is 6.23. The molecule has 0 aromatic carbocycles. The second kappa shape index (κ2) is 5.09. The van der Waals surface area contributed by atoms with Crippen LogP contribution in [0.2, 0.25) is 0 Å². The Morgan fingerprint density at radius 2 is 1.94 bits per heavy atom. The van der Waals surface area contributed by atoms with Crippen LogP contribution in [0.15, 0.2) is 0 Å². The van der Waals surface area contributed by atoms with Gasteiger partial charge in [0.05, 0.1) is 10.6 Å². The first-order chi connectivity index (χ1) is 8.43. The molecular weight excluding hydrogens is 256 g/mol. The van der Waals surface area contributed by atoms with Gasteiger partial charge >= 0.3 is 0 Å². The van der Waals surface area contributed by atoms with E-state index in [1.54, 1.807) is 6.92 Å². The van der Waals surface area contributed by atoms with Crippen molar-refractivity contribution in [3.8, 4) is 0 Å². The molecule has 1 atom stereocenters. The summed E-state index contributed by atoms with van der Waals surface area (Å²) >= 11 is 1.31. The number of nitrogens with two attached hydrogens (primary N) is 1. The van der Waals surface area contributed by atoms with Crippen LogP contribution in [0, 0.1) is 6.92 Å². The number of piperidine rings is 1. The minimum absolute atomic E-state index is 0.498. The third-order valence-corrected chi connectivity index (χ3v) is 4.83. The molecule has 18 heavy (non-hydrogen) atoms. The van der Waals surface area contributed by atoms with E-state index < -0.39 is 12.0 Å². The van der Waals surface area contributed by atoms with Gasteiger partial charge in [0.15, 0.2) is 5.13 Å². The number of aromatic nitrogens is 1. The fraction of sp³-hybridized carbons (Fsp3) is 0.750. The van der Waals surface area contributed by atoms with Crippen LogP contribution in [-0.4, -0.2) is 24.5 Å². The largest absolute Gasteiger partial charge is 0.348 e. The summed E-state index contributed by atoms with van der Waals surface area (Å²) in [5.41, 5.74) is 4.76. The Morgan fingerprint density at radius 1 is 1.33 bits per heavy atom. The third-order valence-electron chi connectivity index (χ3n) is 3.35. The van der Waals surface area contributed by atoms with E-state index in [9.17, 15) is 8.78 Å². The predicted molar refractivity (Wildman–Crippen MR) is 70.5 cm³/mol. The molecule has 1 fully saturated rings. The topological polar surface area (TPSA) is 42.2 Å². The van der Waals surface area contributed by atoms with Crippen LogP contribution in [-0.2, 0) is 5.54 Å². The molecule has 1 unspecified atom stereocenters. The Morgan fingerprint density at radius 3 is 2.50 bits per heavy atom. The van der Waals surface area contributed by atoms with Crippen molar-refractivity contribution in [2.45, 2.75) is 45.1 Å². The number of thiazole rings is 1. The van der Waals surface area contributed by atoms with E-state index in [2.05, 4.69) is 9.88 Å². The lowest BCUT2D eigenvalue weighted by atomic mass is 10.0. The molecule has 2 rings (SSSR count). The number of aryl methyl sites for hydroxylation is 1. The van der Waals surface area contributed by atoms with Crippen LogP contribution in [0.25, 0.3) is 0 Å². The number of halogens is 2. The molecule has 1 aromatic rings. The molecule has 102 valence electrons. The van der Waals surface area contributed by atoms with E-state index >= 15 is 0 Å². The lowest BCUT2D eigenvalue weighted by molar-refractivity contribution is 0.0640. The standard InChI is InChI=1S/C12H19F2N3S/c1-8-9(12(2,15)10(13)14)18-11(16-8)17-6-4-3-5-7-17/h10H,3-7,15H2,1-2H3. The Bertz CT molecular complexity index is 411. The van der Waals surface area contributed by atoms with Gasteiger partial charge in [-0.15, -0.1) is 0 Å². The van der Waals surface area contributed by atoms with Crippen LogP contribution >= 0.6 is 11.3 Å². The van der Waals surface area contributed by atoms with Crippen LogP contribution in [0.4, 0.5) is 13.9 Å². The number of rotatable bonds is 3. The zero-order valence-electron chi connectivity index (χ0n) is 10.7. The molecule has 0 radical (unpaired) electrons. The molecular formula is C12H19F2N3S. The summed E-state index contributed by atoms with van der Waals surface area (Å²) in [5, 5.41) is 0.833. The second-order valence-electron chi connectivity index (χ2n) is 5.04. The number of hydrogen-bond acceptors (Lipinski definition) is 4. The summed E-state index contributed by atoms with van der Waals surface area (Å²) in [6.45, 7) is 5.05. The lowest BCUT2D eigenvalue weighted by Gasteiger charge is -2.26. The summed E-state index contributed by atoms with van der Waals surface area (Å²) in [5.74, 6) is 0. The first-order valence-corrected chi connectivity index (χ1v) is 7.04. The number of alkyl halides is 2. The van der Waals surface area contributed by atoms with E-state index in [1.807, 2.05) is 0 Å². The second-order valence-corrected chi connectivity index (χ2v) is 6.02. The maximum absolute atomic E-state index is 13.0. The quantitative estimate of drug-likeness (QED) is 0.922. The molecule has 1 aliphatic rings. The Kier molecular flexibility index (Phi) is 3.87. The first kappa shape index (κ1) is 13.7. The highest BCUT2D eigenvalue weighted by Crippen LogP contribution is 2.36. The normalized spacial score (nSPS) is 20.2. The SMILES string of the molecule is Cc1nc(N2CCCCC2)sc1C(C)(N)C(F)F. The molecule has 2 N–H and O–H groups in total. The Labute approximate surface area is 110 Å². The Balaban J connectivity index is 2.26. The number of nitrogens with zero attached hydrogens (tertiary/aromatic N) is 2. The van der Waals surface area contributed by atoms with Crippen molar-refractivity contribution in [2.75, 3.05) is 18.0 Å². The highest BCUT2D eigenvalue weighted by molar-refractivity contribution is 7.15. The maximum atomic E-state index is 13.0. The van der Waals surface area contributed by atoms with Gasteiger partial charge in [0.25, 0.3) is 6.43 Å². The summed E-state index contributed by atoms with van der Waals surface area (Å²) in [4.78, 5) is 7.09. The van der Waals surface area contributed by atoms with Crippen LogP contribution < -0.4 is 10.6 Å². The molecule has 1 saturated heterocycles. The molecule has 3 nitrogen and oxygen atoms in total. The summed E-state index contributed by atoms with van der Waals surface area (Å²) < 4.78 is 25.9. The summed E-state index contributed by atoms with van der Waals surface area (Å²) in [6.07, 6.45) is 0.941. The monoisotopic (exact) mass is 275 g/mol. The van der Waals surface area contributed by atoms with Crippen molar-refractivity contribution in [3.05, 3.63) is 10.6 Å². The zero-order chi connectivity index (χ0) is 13.3. The molecule has 0 amide bonds. The molecule has 1 aromatic heterocycles. The summed E-state index contributed by atoms with van der Waals surface area (Å²) in [7, 11) is 0. The van der Waals surface area contributed by atoms with Crippen molar-refractivity contribution in [1.29, 1.82) is 0 Å². The van der Waals surface area contributed by atoms with Gasteiger partial charge in [-0.3, -0.25) is 0 Å². The number of anilines is 1. The summed E-state index contributed by atoms with van der Waals surface area (Å²) in [6, 6.07) is 0. The van der Waals surface area contributed by atoms with E-state index in [4.69, 9.17) is 5.73 Å². The lowest BCUT2D eigenvalue weighted by Crippen LogP contribution is -2.40. The van der Waals surface area contributed by atoms with Crippen molar-refractivity contribution in [3.63, 3.8) is 0 Å². The van der Waals surface area contributed by atoms with E-state index in [1.165, 1.54) is 24.7 Å². The Hall–Kier alpha value is -0.750. The van der Waals surface area contributed by atoms with Crippen molar-refractivity contribution in [1.82, 2.24) is 4.98 Å². The molecule has 2 heterocycles. The van der Waals surface area contributed by atoms with Gasteiger partial charge in [0.1, 0.15) is 5.54 Å². The molecule has 0 aliphatic carbocycles. The smallest absolute Gasteiger partial charge is 0.260 e. The average molecular weight is 275 g/mol. The van der Waals surface area contributed by atoms with Crippen LogP contribution in [0.1, 0.15) is 36.8 Å². The van der Waals surface area contributed by atoms with Crippen molar-refractivity contribution >= 4 is 16.5 Å². The highest BCUT2D eigenvalue weighted by Gasteiger charge is 2.36. The highest BCUT2D eigenvalue weighted by atomic mass is 32.1. The predicted octanol–water partition coefficient (Wildman–Crippen LogP) is 2.88. The minimum atomic E-state index is -2.58. The van der Waals surface area contributed by atoms with Gasteiger partial charge in [-0.05, 0) is 33.1 Å².